The van der Waals surface area contributed by atoms with Crippen molar-refractivity contribution < 1.29 is 10.2 Å². The topological polar surface area (TPSA) is 40.5 Å². The molecule has 0 aromatic carbocycles. The van der Waals surface area contributed by atoms with Crippen LogP contribution in [0.15, 0.2) is 0 Å². The molecule has 2 N–H and O–H groups in total. The predicted molar refractivity (Wildman–Crippen MR) is 86.6 cm³/mol. The maximum Gasteiger partial charge on any atom is 0.114 e. The lowest BCUT2D eigenvalue weighted by Gasteiger charge is -2.01. The van der Waals surface area contributed by atoms with E-state index in [9.17, 15) is 5.11 Å². The molecule has 0 rings (SSSR count). The molecule has 1 unspecified atom stereocenters. The highest BCUT2D eigenvalue weighted by Crippen LogP contribution is 2.11. The molecule has 0 saturated carbocycles. The normalized spacial score (nSPS) is 11.9. The summed E-state index contributed by atoms with van der Waals surface area (Å²) in [5.41, 5.74) is 0. The maximum absolute atomic E-state index is 9.44. The van der Waals surface area contributed by atoms with Crippen LogP contribution in [0.25, 0.3) is 0 Å². The molecule has 0 radical (unpaired) electrons. The first-order valence-corrected chi connectivity index (χ1v) is 8.58. The Balaban J connectivity index is 3.13. The SMILES string of the molecule is CCCC(O)C#CCCCCCCCCCCCCO. The lowest BCUT2D eigenvalue weighted by Crippen LogP contribution is -2.00. The summed E-state index contributed by atoms with van der Waals surface area (Å²) < 4.78 is 0. The Kier molecular flexibility index (Phi) is 16.1. The second-order valence-corrected chi connectivity index (χ2v) is 5.63. The zero-order valence-corrected chi connectivity index (χ0v) is 13.4. The summed E-state index contributed by atoms with van der Waals surface area (Å²) in [5.74, 6) is 5.99. The summed E-state index contributed by atoms with van der Waals surface area (Å²) in [6.45, 7) is 2.41. The van der Waals surface area contributed by atoms with Gasteiger partial charge in [0.15, 0.2) is 0 Å². The van der Waals surface area contributed by atoms with E-state index in [1.54, 1.807) is 0 Å². The van der Waals surface area contributed by atoms with Crippen LogP contribution in [0.5, 0.6) is 0 Å². The largest absolute Gasteiger partial charge is 0.396 e. The molecule has 0 spiro atoms. The van der Waals surface area contributed by atoms with Crippen LogP contribution in [-0.2, 0) is 0 Å². The highest BCUT2D eigenvalue weighted by molar-refractivity contribution is 5.04. The van der Waals surface area contributed by atoms with Gasteiger partial charge < -0.3 is 10.2 Å². The molecule has 2 heteroatoms. The molecule has 2 nitrogen and oxygen atoms in total. The van der Waals surface area contributed by atoms with Crippen molar-refractivity contribution in [1.29, 1.82) is 0 Å². The van der Waals surface area contributed by atoms with Gasteiger partial charge in [-0.05, 0) is 19.3 Å². The minimum absolute atomic E-state index is 0.346. The van der Waals surface area contributed by atoms with Crippen LogP contribution in [0.2, 0.25) is 0 Å². The number of aliphatic hydroxyl groups is 2. The van der Waals surface area contributed by atoms with E-state index in [0.29, 0.717) is 6.61 Å². The van der Waals surface area contributed by atoms with Gasteiger partial charge in [-0.25, -0.2) is 0 Å². The second-order valence-electron chi connectivity index (χ2n) is 5.63. The first-order chi connectivity index (χ1) is 9.81. The van der Waals surface area contributed by atoms with Crippen molar-refractivity contribution in [2.75, 3.05) is 6.61 Å². The Bertz CT molecular complexity index is 240. The van der Waals surface area contributed by atoms with E-state index in [1.807, 2.05) is 0 Å². The molecule has 20 heavy (non-hydrogen) atoms. The van der Waals surface area contributed by atoms with Crippen molar-refractivity contribution in [3.8, 4) is 11.8 Å². The van der Waals surface area contributed by atoms with Gasteiger partial charge in [-0.1, -0.05) is 70.6 Å². The summed E-state index contributed by atoms with van der Waals surface area (Å²) in [5, 5.41) is 18.1. The van der Waals surface area contributed by atoms with Gasteiger partial charge >= 0.3 is 0 Å². The van der Waals surface area contributed by atoms with Gasteiger partial charge in [0.1, 0.15) is 6.10 Å². The van der Waals surface area contributed by atoms with Crippen molar-refractivity contribution in [3.05, 3.63) is 0 Å². The van der Waals surface area contributed by atoms with Crippen LogP contribution in [0, 0.1) is 11.8 Å². The number of hydrogen-bond acceptors (Lipinski definition) is 2. The molecule has 1 atom stereocenters. The lowest BCUT2D eigenvalue weighted by molar-refractivity contribution is 0.221. The molecule has 0 aromatic heterocycles. The van der Waals surface area contributed by atoms with Gasteiger partial charge in [0, 0.05) is 13.0 Å². The van der Waals surface area contributed by atoms with E-state index < -0.39 is 6.10 Å². The second kappa shape index (κ2) is 16.5. The zero-order valence-electron chi connectivity index (χ0n) is 13.4. The Morgan fingerprint density at radius 2 is 1.30 bits per heavy atom. The Morgan fingerprint density at radius 3 is 1.80 bits per heavy atom. The smallest absolute Gasteiger partial charge is 0.114 e. The van der Waals surface area contributed by atoms with Crippen LogP contribution in [-0.4, -0.2) is 22.9 Å². The van der Waals surface area contributed by atoms with Crippen LogP contribution in [0.3, 0.4) is 0 Å². The third kappa shape index (κ3) is 15.5. The average Bonchev–Trinajstić information content (AvgIpc) is 2.44. The highest BCUT2D eigenvalue weighted by Gasteiger charge is 1.95. The fourth-order valence-electron chi connectivity index (χ4n) is 2.27. The van der Waals surface area contributed by atoms with Crippen molar-refractivity contribution >= 4 is 0 Å². The van der Waals surface area contributed by atoms with Crippen molar-refractivity contribution in [1.82, 2.24) is 0 Å². The highest BCUT2D eigenvalue weighted by atomic mass is 16.3. The molecule has 0 aliphatic carbocycles. The third-order valence-electron chi connectivity index (χ3n) is 3.54. The molecule has 0 aliphatic heterocycles. The van der Waals surface area contributed by atoms with Gasteiger partial charge in [-0.3, -0.25) is 0 Å². The van der Waals surface area contributed by atoms with Crippen LogP contribution in [0.4, 0.5) is 0 Å². The number of hydrogen-bond donors (Lipinski definition) is 2. The molecule has 0 bridgehead atoms. The molecular formula is C18H34O2. The molecule has 0 heterocycles. The molecule has 0 amide bonds. The van der Waals surface area contributed by atoms with E-state index in [1.165, 1.54) is 57.8 Å². The summed E-state index contributed by atoms with van der Waals surface area (Å²) >= 11 is 0. The van der Waals surface area contributed by atoms with E-state index in [0.717, 1.165) is 25.7 Å². The van der Waals surface area contributed by atoms with Gasteiger partial charge in [-0.2, -0.15) is 0 Å². The molecule has 0 aromatic rings. The molecule has 0 saturated heterocycles. The maximum atomic E-state index is 9.44. The lowest BCUT2D eigenvalue weighted by atomic mass is 10.1. The average molecular weight is 282 g/mol. The monoisotopic (exact) mass is 282 g/mol. The van der Waals surface area contributed by atoms with Crippen LogP contribution in [0.1, 0.15) is 90.4 Å². The number of unbranched alkanes of at least 4 members (excludes halogenated alkanes) is 10. The first-order valence-electron chi connectivity index (χ1n) is 8.58. The van der Waals surface area contributed by atoms with Gasteiger partial charge in [0.05, 0.1) is 0 Å². The first kappa shape index (κ1) is 19.5. The van der Waals surface area contributed by atoms with Gasteiger partial charge in [0.25, 0.3) is 0 Å². The van der Waals surface area contributed by atoms with E-state index in [2.05, 4.69) is 18.8 Å². The summed E-state index contributed by atoms with van der Waals surface area (Å²) in [6.07, 6.45) is 14.8. The molecule has 0 aliphatic rings. The standard InChI is InChI=1S/C18H34O2/c1-2-15-18(20)16-13-11-9-7-5-3-4-6-8-10-12-14-17-19/h18-20H,2-12,14-15,17H2,1H3. The summed E-state index contributed by atoms with van der Waals surface area (Å²) in [7, 11) is 0. The molecule has 118 valence electrons. The van der Waals surface area contributed by atoms with Crippen LogP contribution >= 0.6 is 0 Å². The van der Waals surface area contributed by atoms with Gasteiger partial charge in [-0.15, -0.1) is 5.92 Å². The summed E-state index contributed by atoms with van der Waals surface area (Å²) in [4.78, 5) is 0. The van der Waals surface area contributed by atoms with E-state index >= 15 is 0 Å². The fourth-order valence-corrected chi connectivity index (χ4v) is 2.27. The minimum atomic E-state index is -0.411. The Morgan fingerprint density at radius 1 is 0.800 bits per heavy atom. The molecule has 0 fully saturated rings. The predicted octanol–water partition coefficient (Wildman–Crippen LogP) is 4.43. The van der Waals surface area contributed by atoms with Crippen molar-refractivity contribution in [2.24, 2.45) is 0 Å². The molecular weight excluding hydrogens is 248 g/mol. The quantitative estimate of drug-likeness (QED) is 0.387. The van der Waals surface area contributed by atoms with Gasteiger partial charge in [0.2, 0.25) is 0 Å². The van der Waals surface area contributed by atoms with E-state index in [4.69, 9.17) is 5.11 Å². The Labute approximate surface area is 126 Å². The zero-order chi connectivity index (χ0) is 14.9. The van der Waals surface area contributed by atoms with Crippen molar-refractivity contribution in [3.63, 3.8) is 0 Å². The number of aliphatic hydroxyl groups excluding tert-OH is 2. The number of rotatable bonds is 13. The third-order valence-corrected chi connectivity index (χ3v) is 3.54. The minimum Gasteiger partial charge on any atom is -0.396 e. The van der Waals surface area contributed by atoms with Crippen LogP contribution < -0.4 is 0 Å². The van der Waals surface area contributed by atoms with E-state index in [-0.39, 0.29) is 0 Å². The summed E-state index contributed by atoms with van der Waals surface area (Å²) in [6, 6.07) is 0. The Hall–Kier alpha value is -0.520. The fraction of sp³-hybridized carbons (Fsp3) is 0.889. The van der Waals surface area contributed by atoms with Crippen molar-refractivity contribution in [2.45, 2.75) is 96.5 Å².